The SMILES string of the molecule is COCC(CCO)NCc1ccnc(C)n1. The third-order valence-corrected chi connectivity index (χ3v) is 2.25. The van der Waals surface area contributed by atoms with Crippen LogP contribution in [-0.4, -0.2) is 41.4 Å². The normalized spacial score (nSPS) is 12.7. The van der Waals surface area contributed by atoms with Crippen molar-refractivity contribution in [2.45, 2.75) is 25.9 Å². The van der Waals surface area contributed by atoms with Crippen molar-refractivity contribution in [2.75, 3.05) is 20.3 Å². The average Bonchev–Trinajstić information content (AvgIpc) is 2.27. The molecule has 5 heteroatoms. The fourth-order valence-electron chi connectivity index (χ4n) is 1.45. The van der Waals surface area contributed by atoms with Crippen LogP contribution in [0.25, 0.3) is 0 Å². The number of nitrogens with zero attached hydrogens (tertiary/aromatic N) is 2. The number of aliphatic hydroxyl groups excluding tert-OH is 1. The van der Waals surface area contributed by atoms with E-state index in [0.717, 1.165) is 11.5 Å². The van der Waals surface area contributed by atoms with Gasteiger partial charge in [0.05, 0.1) is 12.3 Å². The largest absolute Gasteiger partial charge is 0.396 e. The van der Waals surface area contributed by atoms with Gasteiger partial charge in [-0.15, -0.1) is 0 Å². The summed E-state index contributed by atoms with van der Waals surface area (Å²) in [4.78, 5) is 8.32. The van der Waals surface area contributed by atoms with E-state index in [2.05, 4.69) is 15.3 Å². The summed E-state index contributed by atoms with van der Waals surface area (Å²) in [5.74, 6) is 0.768. The van der Waals surface area contributed by atoms with Crippen LogP contribution >= 0.6 is 0 Å². The molecule has 1 heterocycles. The van der Waals surface area contributed by atoms with Crippen LogP contribution in [0.15, 0.2) is 12.3 Å². The molecule has 2 N–H and O–H groups in total. The molecule has 5 nitrogen and oxygen atoms in total. The van der Waals surface area contributed by atoms with Gasteiger partial charge >= 0.3 is 0 Å². The maximum atomic E-state index is 8.88. The quantitative estimate of drug-likeness (QED) is 0.697. The third kappa shape index (κ3) is 4.65. The van der Waals surface area contributed by atoms with Crippen LogP contribution < -0.4 is 5.32 Å². The summed E-state index contributed by atoms with van der Waals surface area (Å²) in [5.41, 5.74) is 0.951. The highest BCUT2D eigenvalue weighted by atomic mass is 16.5. The molecule has 0 bridgehead atoms. The van der Waals surface area contributed by atoms with Crippen LogP contribution in [0.4, 0.5) is 0 Å². The van der Waals surface area contributed by atoms with E-state index in [4.69, 9.17) is 9.84 Å². The summed E-state index contributed by atoms with van der Waals surface area (Å²) in [6.07, 6.45) is 2.43. The summed E-state index contributed by atoms with van der Waals surface area (Å²) >= 11 is 0. The molecular formula is C11H19N3O2. The molecule has 1 aromatic heterocycles. The van der Waals surface area contributed by atoms with E-state index in [0.29, 0.717) is 19.6 Å². The Balaban J connectivity index is 2.41. The van der Waals surface area contributed by atoms with Gasteiger partial charge < -0.3 is 15.2 Å². The predicted octanol–water partition coefficient (Wildman–Crippen LogP) is 0.272. The summed E-state index contributed by atoms with van der Waals surface area (Å²) in [6.45, 7) is 3.27. The monoisotopic (exact) mass is 225 g/mol. The lowest BCUT2D eigenvalue weighted by molar-refractivity contribution is 0.148. The smallest absolute Gasteiger partial charge is 0.125 e. The van der Waals surface area contributed by atoms with Crippen LogP contribution in [0.5, 0.6) is 0 Å². The topological polar surface area (TPSA) is 67.3 Å². The summed E-state index contributed by atoms with van der Waals surface area (Å²) in [5, 5.41) is 12.2. The molecule has 0 aromatic carbocycles. The van der Waals surface area contributed by atoms with Crippen molar-refractivity contribution in [1.29, 1.82) is 0 Å². The zero-order chi connectivity index (χ0) is 11.8. The van der Waals surface area contributed by atoms with Gasteiger partial charge in [0.15, 0.2) is 0 Å². The second-order valence-corrected chi connectivity index (χ2v) is 3.64. The lowest BCUT2D eigenvalue weighted by Gasteiger charge is -2.16. The van der Waals surface area contributed by atoms with Crippen LogP contribution in [0.2, 0.25) is 0 Å². The molecule has 0 amide bonds. The first-order chi connectivity index (χ1) is 7.76. The lowest BCUT2D eigenvalue weighted by atomic mass is 10.2. The second kappa shape index (κ2) is 7.27. The highest BCUT2D eigenvalue weighted by Gasteiger charge is 2.07. The van der Waals surface area contributed by atoms with Gasteiger partial charge in [0.2, 0.25) is 0 Å². The van der Waals surface area contributed by atoms with Gasteiger partial charge in [-0.3, -0.25) is 0 Å². The van der Waals surface area contributed by atoms with E-state index in [-0.39, 0.29) is 12.6 Å². The van der Waals surface area contributed by atoms with Crippen LogP contribution in [0, 0.1) is 6.92 Å². The lowest BCUT2D eigenvalue weighted by Crippen LogP contribution is -2.33. The molecular weight excluding hydrogens is 206 g/mol. The van der Waals surface area contributed by atoms with Gasteiger partial charge in [0, 0.05) is 32.5 Å². The van der Waals surface area contributed by atoms with Crippen molar-refractivity contribution in [2.24, 2.45) is 0 Å². The van der Waals surface area contributed by atoms with Crippen LogP contribution in [0.3, 0.4) is 0 Å². The minimum absolute atomic E-state index is 0.157. The fourth-order valence-corrected chi connectivity index (χ4v) is 1.45. The number of methoxy groups -OCH3 is 1. The first-order valence-corrected chi connectivity index (χ1v) is 5.38. The number of hydrogen-bond donors (Lipinski definition) is 2. The molecule has 1 aromatic rings. The Hall–Kier alpha value is -1.04. The molecule has 1 rings (SSSR count). The number of hydrogen-bond acceptors (Lipinski definition) is 5. The second-order valence-electron chi connectivity index (χ2n) is 3.64. The molecule has 1 unspecified atom stereocenters. The van der Waals surface area contributed by atoms with Gasteiger partial charge in [-0.1, -0.05) is 0 Å². The number of rotatable bonds is 7. The zero-order valence-corrected chi connectivity index (χ0v) is 9.81. The summed E-state index contributed by atoms with van der Waals surface area (Å²) in [7, 11) is 1.65. The zero-order valence-electron chi connectivity index (χ0n) is 9.81. The summed E-state index contributed by atoms with van der Waals surface area (Å²) < 4.78 is 5.06. The number of nitrogens with one attached hydrogen (secondary N) is 1. The van der Waals surface area contributed by atoms with Gasteiger partial charge in [-0.05, 0) is 19.4 Å². The molecule has 0 spiro atoms. The average molecular weight is 225 g/mol. The van der Waals surface area contributed by atoms with E-state index >= 15 is 0 Å². The molecule has 1 atom stereocenters. The Labute approximate surface area is 95.9 Å². The van der Waals surface area contributed by atoms with E-state index in [1.165, 1.54) is 0 Å². The molecule has 0 aliphatic carbocycles. The Bertz CT molecular complexity index is 301. The van der Waals surface area contributed by atoms with Gasteiger partial charge in [-0.2, -0.15) is 0 Å². The first-order valence-electron chi connectivity index (χ1n) is 5.38. The summed E-state index contributed by atoms with van der Waals surface area (Å²) in [6, 6.07) is 2.04. The van der Waals surface area contributed by atoms with Crippen LogP contribution in [0.1, 0.15) is 17.9 Å². The predicted molar refractivity (Wildman–Crippen MR) is 61.0 cm³/mol. The fraction of sp³-hybridized carbons (Fsp3) is 0.636. The maximum absolute atomic E-state index is 8.88. The molecule has 90 valence electrons. The third-order valence-electron chi connectivity index (χ3n) is 2.25. The maximum Gasteiger partial charge on any atom is 0.125 e. The number of aryl methyl sites for hydroxylation is 1. The molecule has 0 radical (unpaired) electrons. The number of aliphatic hydroxyl groups is 1. The van der Waals surface area contributed by atoms with Crippen molar-refractivity contribution in [1.82, 2.24) is 15.3 Å². The standard InChI is InChI=1S/C11H19N3O2/c1-9-12-5-3-10(14-9)7-13-11(4-6-15)8-16-2/h3,5,11,13,15H,4,6-8H2,1-2H3. The molecule has 0 fully saturated rings. The van der Waals surface area contributed by atoms with Crippen molar-refractivity contribution in [3.63, 3.8) is 0 Å². The number of aromatic nitrogens is 2. The highest BCUT2D eigenvalue weighted by molar-refractivity contribution is 5.01. The van der Waals surface area contributed by atoms with E-state index in [1.54, 1.807) is 13.3 Å². The Morgan fingerprint density at radius 1 is 1.56 bits per heavy atom. The van der Waals surface area contributed by atoms with Crippen LogP contribution in [-0.2, 0) is 11.3 Å². The molecule has 0 aliphatic rings. The van der Waals surface area contributed by atoms with Gasteiger partial charge in [0.1, 0.15) is 5.82 Å². The van der Waals surface area contributed by atoms with E-state index < -0.39 is 0 Å². The first kappa shape index (κ1) is 13.0. The Morgan fingerprint density at radius 2 is 2.38 bits per heavy atom. The minimum atomic E-state index is 0.157. The van der Waals surface area contributed by atoms with Gasteiger partial charge in [-0.25, -0.2) is 9.97 Å². The van der Waals surface area contributed by atoms with Gasteiger partial charge in [0.25, 0.3) is 0 Å². The van der Waals surface area contributed by atoms with Crippen molar-refractivity contribution >= 4 is 0 Å². The van der Waals surface area contributed by atoms with Crippen molar-refractivity contribution in [3.05, 3.63) is 23.8 Å². The highest BCUT2D eigenvalue weighted by Crippen LogP contribution is 1.97. The van der Waals surface area contributed by atoms with Crippen molar-refractivity contribution in [3.8, 4) is 0 Å². The number of ether oxygens (including phenoxy) is 1. The van der Waals surface area contributed by atoms with E-state index in [1.807, 2.05) is 13.0 Å². The molecule has 0 aliphatic heterocycles. The Kier molecular flexibility index (Phi) is 5.92. The van der Waals surface area contributed by atoms with E-state index in [9.17, 15) is 0 Å². The molecule has 0 saturated heterocycles. The van der Waals surface area contributed by atoms with Crippen molar-refractivity contribution < 1.29 is 9.84 Å². The molecule has 0 saturated carbocycles. The minimum Gasteiger partial charge on any atom is -0.396 e. The Morgan fingerprint density at radius 3 is 3.00 bits per heavy atom. The molecule has 16 heavy (non-hydrogen) atoms.